The van der Waals surface area contributed by atoms with Crippen molar-refractivity contribution in [3.05, 3.63) is 42.1 Å². The first-order chi connectivity index (χ1) is 10.1. The highest BCUT2D eigenvalue weighted by Crippen LogP contribution is 2.17. The second-order valence-corrected chi connectivity index (χ2v) is 9.90. The predicted octanol–water partition coefficient (Wildman–Crippen LogP) is 4.00. The number of carbonyl (C=O) groups is 1. The van der Waals surface area contributed by atoms with E-state index in [0.29, 0.717) is 12.2 Å². The van der Waals surface area contributed by atoms with Crippen LogP contribution >= 0.6 is 0 Å². The molecule has 0 amide bonds. The number of unbranched alkanes of at least 4 members (excludes halogenated alkanes) is 1. The summed E-state index contributed by atoms with van der Waals surface area (Å²) in [6.45, 7) is 10.9. The number of carbonyl (C=O) groups excluding carboxylic acids is 1. The van der Waals surface area contributed by atoms with Gasteiger partial charge in [-0.2, -0.15) is 4.89 Å². The molecule has 0 spiro atoms. The van der Waals surface area contributed by atoms with E-state index in [1.165, 1.54) is 5.19 Å². The zero-order valence-corrected chi connectivity index (χ0v) is 14.4. The largest absolute Gasteiger partial charge is 0.373 e. The SMILES string of the molecule is C=C[Si](CC)(CC)c1ccc(C(=O)OOCCCC)cc1. The summed E-state index contributed by atoms with van der Waals surface area (Å²) in [5.74, 6) is -0.434. The predicted molar refractivity (Wildman–Crippen MR) is 89.3 cm³/mol. The van der Waals surface area contributed by atoms with Gasteiger partial charge in [0.15, 0.2) is 0 Å². The molecular weight excluding hydrogens is 280 g/mol. The third-order valence-corrected chi connectivity index (χ3v) is 8.85. The molecule has 0 atom stereocenters. The topological polar surface area (TPSA) is 35.5 Å². The second kappa shape index (κ2) is 8.80. The van der Waals surface area contributed by atoms with E-state index in [2.05, 4.69) is 33.0 Å². The standard InChI is InChI=1S/C17H26O3Si/c1-5-9-14-19-20-17(18)15-10-12-16(13-11-15)21(6-2,7-3)8-4/h6,10-13H,2,5,7-9,14H2,1,3-4H3. The van der Waals surface area contributed by atoms with Crippen molar-refractivity contribution in [3.63, 3.8) is 0 Å². The molecule has 0 aliphatic heterocycles. The van der Waals surface area contributed by atoms with Crippen LogP contribution in [-0.2, 0) is 9.78 Å². The Morgan fingerprint density at radius 3 is 2.29 bits per heavy atom. The molecule has 3 nitrogen and oxygen atoms in total. The Morgan fingerprint density at radius 2 is 1.81 bits per heavy atom. The van der Waals surface area contributed by atoms with Crippen LogP contribution < -0.4 is 5.19 Å². The Balaban J connectivity index is 2.73. The third kappa shape index (κ3) is 4.54. The number of benzene rings is 1. The van der Waals surface area contributed by atoms with Crippen molar-refractivity contribution in [2.45, 2.75) is 45.7 Å². The van der Waals surface area contributed by atoms with Crippen LogP contribution in [0.4, 0.5) is 0 Å². The molecule has 0 heterocycles. The molecular formula is C17H26O3Si. The van der Waals surface area contributed by atoms with E-state index in [1.807, 2.05) is 24.3 Å². The van der Waals surface area contributed by atoms with Crippen LogP contribution in [0.2, 0.25) is 12.1 Å². The molecule has 0 aliphatic carbocycles. The van der Waals surface area contributed by atoms with Gasteiger partial charge in [0.25, 0.3) is 0 Å². The molecule has 1 rings (SSSR count). The number of rotatable bonds is 9. The van der Waals surface area contributed by atoms with Gasteiger partial charge < -0.3 is 0 Å². The fourth-order valence-electron chi connectivity index (χ4n) is 2.35. The lowest BCUT2D eigenvalue weighted by Crippen LogP contribution is -2.44. The Morgan fingerprint density at radius 1 is 1.19 bits per heavy atom. The van der Waals surface area contributed by atoms with E-state index >= 15 is 0 Å². The van der Waals surface area contributed by atoms with Gasteiger partial charge >= 0.3 is 5.97 Å². The summed E-state index contributed by atoms with van der Waals surface area (Å²) in [7, 11) is -1.61. The minimum absolute atomic E-state index is 0.434. The van der Waals surface area contributed by atoms with Crippen LogP contribution in [0.5, 0.6) is 0 Å². The maximum Gasteiger partial charge on any atom is 0.373 e. The summed E-state index contributed by atoms with van der Waals surface area (Å²) < 4.78 is 0. The van der Waals surface area contributed by atoms with E-state index in [0.717, 1.165) is 24.9 Å². The number of hydrogen-bond donors (Lipinski definition) is 0. The van der Waals surface area contributed by atoms with Gasteiger partial charge in [-0.25, -0.2) is 4.79 Å². The molecule has 0 radical (unpaired) electrons. The molecule has 1 aromatic rings. The monoisotopic (exact) mass is 306 g/mol. The second-order valence-electron chi connectivity index (χ2n) is 5.19. The van der Waals surface area contributed by atoms with Gasteiger partial charge in [0.2, 0.25) is 0 Å². The molecule has 0 N–H and O–H groups in total. The fourth-order valence-corrected chi connectivity index (χ4v) is 5.31. The zero-order chi connectivity index (χ0) is 15.7. The Bertz CT molecular complexity index is 450. The van der Waals surface area contributed by atoms with Crippen molar-refractivity contribution in [3.8, 4) is 0 Å². The summed E-state index contributed by atoms with van der Waals surface area (Å²) in [6, 6.07) is 9.94. The molecule has 0 aliphatic rings. The zero-order valence-electron chi connectivity index (χ0n) is 13.4. The molecule has 0 saturated heterocycles. The highest BCUT2D eigenvalue weighted by atomic mass is 28.3. The lowest BCUT2D eigenvalue weighted by atomic mass is 10.2. The summed E-state index contributed by atoms with van der Waals surface area (Å²) in [5, 5.41) is 1.31. The average Bonchev–Trinajstić information content (AvgIpc) is 2.54. The van der Waals surface area contributed by atoms with Crippen LogP contribution in [0.15, 0.2) is 36.5 Å². The summed E-state index contributed by atoms with van der Waals surface area (Å²) in [5.41, 5.74) is 2.66. The first kappa shape index (κ1) is 17.7. The van der Waals surface area contributed by atoms with Crippen LogP contribution in [0.1, 0.15) is 44.0 Å². The van der Waals surface area contributed by atoms with Gasteiger partial charge in [0.1, 0.15) is 8.07 Å². The molecule has 0 aromatic heterocycles. The maximum atomic E-state index is 11.8. The first-order valence-electron chi connectivity index (χ1n) is 7.71. The third-order valence-electron chi connectivity index (χ3n) is 4.06. The fraction of sp³-hybridized carbons (Fsp3) is 0.471. The smallest absolute Gasteiger partial charge is 0.293 e. The molecule has 0 fully saturated rings. The number of hydrogen-bond acceptors (Lipinski definition) is 3. The molecule has 1 aromatic carbocycles. The minimum atomic E-state index is -1.61. The molecule has 4 heteroatoms. The molecule has 0 bridgehead atoms. The van der Waals surface area contributed by atoms with Crippen molar-refractivity contribution < 1.29 is 14.6 Å². The van der Waals surface area contributed by atoms with E-state index in [1.54, 1.807) is 0 Å². The summed E-state index contributed by atoms with van der Waals surface area (Å²) in [6.07, 6.45) is 1.89. The van der Waals surface area contributed by atoms with Gasteiger partial charge in [-0.15, -0.1) is 6.58 Å². The molecule has 21 heavy (non-hydrogen) atoms. The molecule has 0 unspecified atom stereocenters. The first-order valence-corrected chi connectivity index (χ1v) is 10.2. The van der Waals surface area contributed by atoms with Crippen molar-refractivity contribution in [2.75, 3.05) is 6.61 Å². The highest BCUT2D eigenvalue weighted by Gasteiger charge is 2.27. The van der Waals surface area contributed by atoms with Gasteiger partial charge in [0, 0.05) is 0 Å². The van der Waals surface area contributed by atoms with E-state index < -0.39 is 14.0 Å². The van der Waals surface area contributed by atoms with Gasteiger partial charge in [0.05, 0.1) is 12.2 Å². The van der Waals surface area contributed by atoms with Crippen LogP contribution in [-0.4, -0.2) is 20.7 Å². The molecule has 116 valence electrons. The Labute approximate surface area is 128 Å². The van der Waals surface area contributed by atoms with E-state index in [4.69, 9.17) is 9.78 Å². The quantitative estimate of drug-likeness (QED) is 0.299. The Hall–Kier alpha value is -1.39. The van der Waals surface area contributed by atoms with Gasteiger partial charge in [-0.3, -0.25) is 4.89 Å². The average molecular weight is 306 g/mol. The van der Waals surface area contributed by atoms with Crippen molar-refractivity contribution in [2.24, 2.45) is 0 Å². The lowest BCUT2D eigenvalue weighted by Gasteiger charge is -2.25. The van der Waals surface area contributed by atoms with Gasteiger partial charge in [-0.05, 0) is 18.6 Å². The van der Waals surface area contributed by atoms with Gasteiger partial charge in [-0.1, -0.05) is 62.3 Å². The lowest BCUT2D eigenvalue weighted by molar-refractivity contribution is -0.241. The summed E-state index contributed by atoms with van der Waals surface area (Å²) in [4.78, 5) is 21.5. The molecule has 0 saturated carbocycles. The van der Waals surface area contributed by atoms with E-state index in [-0.39, 0.29) is 0 Å². The van der Waals surface area contributed by atoms with Crippen molar-refractivity contribution in [1.82, 2.24) is 0 Å². The van der Waals surface area contributed by atoms with Crippen LogP contribution in [0.25, 0.3) is 0 Å². The minimum Gasteiger partial charge on any atom is -0.293 e. The normalized spacial score (nSPS) is 11.2. The Kier molecular flexibility index (Phi) is 7.40. The van der Waals surface area contributed by atoms with E-state index in [9.17, 15) is 4.79 Å². The highest BCUT2D eigenvalue weighted by molar-refractivity contribution is 6.95. The van der Waals surface area contributed by atoms with Crippen LogP contribution in [0.3, 0.4) is 0 Å². The van der Waals surface area contributed by atoms with Crippen LogP contribution in [0, 0.1) is 0 Å². The maximum absolute atomic E-state index is 11.8. The summed E-state index contributed by atoms with van der Waals surface area (Å²) >= 11 is 0. The van der Waals surface area contributed by atoms with Crippen molar-refractivity contribution in [1.29, 1.82) is 0 Å². The van der Waals surface area contributed by atoms with Crippen molar-refractivity contribution >= 4 is 19.2 Å².